The molecule has 2 rings (SSSR count). The van der Waals surface area contributed by atoms with Crippen molar-refractivity contribution in [3.05, 3.63) is 40.3 Å². The number of benzene rings is 1. The summed E-state index contributed by atoms with van der Waals surface area (Å²) in [6, 6.07) is 7.38. The van der Waals surface area contributed by atoms with Gasteiger partial charge in [-0.25, -0.2) is 0 Å². The number of hydrogen-bond donors (Lipinski definition) is 2. The molecular weight excluding hydrogens is 298 g/mol. The summed E-state index contributed by atoms with van der Waals surface area (Å²) in [4.78, 5) is 35.0. The van der Waals surface area contributed by atoms with Crippen LogP contribution in [0.4, 0.5) is 4.79 Å². The molecule has 0 unspecified atom stereocenters. The van der Waals surface area contributed by atoms with E-state index in [4.69, 9.17) is 5.11 Å². The predicted molar refractivity (Wildman–Crippen MR) is 79.4 cm³/mol. The van der Waals surface area contributed by atoms with Crippen LogP contribution in [0.15, 0.2) is 29.2 Å². The van der Waals surface area contributed by atoms with Crippen molar-refractivity contribution in [2.45, 2.75) is 5.75 Å². The summed E-state index contributed by atoms with van der Waals surface area (Å²) in [5.74, 6) is -1.16. The quantitative estimate of drug-likeness (QED) is 0.659. The first-order valence-electron chi connectivity index (χ1n) is 5.68. The molecule has 1 N–H and O–H groups in total. The molecule has 7 heteroatoms. The van der Waals surface area contributed by atoms with E-state index in [0.29, 0.717) is 5.75 Å². The average molecular weight is 309 g/mol. The fourth-order valence-corrected chi connectivity index (χ4v) is 2.69. The van der Waals surface area contributed by atoms with Gasteiger partial charge in [0, 0.05) is 5.75 Å². The molecule has 1 aliphatic rings. The van der Waals surface area contributed by atoms with Crippen LogP contribution in [0.1, 0.15) is 11.1 Å². The molecule has 0 aromatic heterocycles. The first kappa shape index (κ1) is 14.7. The van der Waals surface area contributed by atoms with Crippen molar-refractivity contribution in [2.75, 3.05) is 6.54 Å². The molecule has 1 heterocycles. The third-order valence-corrected chi connectivity index (χ3v) is 3.90. The second-order valence-electron chi connectivity index (χ2n) is 4.06. The molecule has 1 aromatic rings. The number of aliphatic carboxylic acids is 1. The monoisotopic (exact) mass is 309 g/mol. The second-order valence-corrected chi connectivity index (χ2v) is 5.37. The minimum Gasteiger partial charge on any atom is -0.480 e. The van der Waals surface area contributed by atoms with Gasteiger partial charge in [-0.1, -0.05) is 24.3 Å². The van der Waals surface area contributed by atoms with E-state index in [1.54, 1.807) is 6.08 Å². The Hall–Kier alpha value is -1.73. The van der Waals surface area contributed by atoms with Crippen LogP contribution in [0.25, 0.3) is 6.08 Å². The maximum absolute atomic E-state index is 11.9. The van der Waals surface area contributed by atoms with Crippen LogP contribution in [-0.2, 0) is 15.3 Å². The van der Waals surface area contributed by atoms with Gasteiger partial charge < -0.3 is 5.11 Å². The van der Waals surface area contributed by atoms with Crippen molar-refractivity contribution in [3.63, 3.8) is 0 Å². The van der Waals surface area contributed by atoms with Crippen molar-refractivity contribution >= 4 is 47.6 Å². The fourth-order valence-electron chi connectivity index (χ4n) is 1.64. The van der Waals surface area contributed by atoms with E-state index in [1.807, 2.05) is 24.3 Å². The van der Waals surface area contributed by atoms with Crippen LogP contribution >= 0.6 is 24.4 Å². The maximum atomic E-state index is 11.9. The lowest BCUT2D eigenvalue weighted by Gasteiger charge is -2.07. The van der Waals surface area contributed by atoms with E-state index >= 15 is 0 Å². The normalized spacial score (nSPS) is 17.1. The van der Waals surface area contributed by atoms with Gasteiger partial charge in [0.25, 0.3) is 11.1 Å². The minimum absolute atomic E-state index is 0.231. The summed E-state index contributed by atoms with van der Waals surface area (Å²) in [7, 11) is 0. The molecule has 1 fully saturated rings. The fraction of sp³-hybridized carbons (Fsp3) is 0.154. The van der Waals surface area contributed by atoms with Gasteiger partial charge in [-0.15, -0.1) is 0 Å². The highest BCUT2D eigenvalue weighted by molar-refractivity contribution is 8.18. The summed E-state index contributed by atoms with van der Waals surface area (Å²) < 4.78 is 0. The van der Waals surface area contributed by atoms with Gasteiger partial charge in [0.1, 0.15) is 6.54 Å². The van der Waals surface area contributed by atoms with Crippen LogP contribution in [0.2, 0.25) is 0 Å². The summed E-state index contributed by atoms with van der Waals surface area (Å²) in [5, 5.41) is 8.10. The SMILES string of the molecule is O=C(O)CN1C(=O)S/C(=C\c2ccc(CS)cc2)C1=O. The zero-order valence-electron chi connectivity index (χ0n) is 10.3. The second kappa shape index (κ2) is 6.15. The number of nitrogens with zero attached hydrogens (tertiary/aromatic N) is 1. The van der Waals surface area contributed by atoms with Crippen molar-refractivity contribution < 1.29 is 19.5 Å². The van der Waals surface area contributed by atoms with Gasteiger partial charge in [0.05, 0.1) is 4.91 Å². The largest absolute Gasteiger partial charge is 0.480 e. The lowest BCUT2D eigenvalue weighted by molar-refractivity contribution is -0.140. The number of carboxylic acid groups (broad SMARTS) is 1. The molecule has 1 aliphatic heterocycles. The van der Waals surface area contributed by atoms with Gasteiger partial charge in [-0.05, 0) is 29.0 Å². The summed E-state index contributed by atoms with van der Waals surface area (Å²) in [5.41, 5.74) is 1.82. The standard InChI is InChI=1S/C13H11NO4S2/c15-11(16)6-14-12(17)10(20-13(14)18)5-8-1-3-9(7-19)4-2-8/h1-5,19H,6-7H2,(H,15,16)/b10-5-. The smallest absolute Gasteiger partial charge is 0.323 e. The maximum Gasteiger partial charge on any atom is 0.323 e. The average Bonchev–Trinajstić information content (AvgIpc) is 2.67. The van der Waals surface area contributed by atoms with E-state index in [1.165, 1.54) is 0 Å². The molecular formula is C13H11NO4S2. The van der Waals surface area contributed by atoms with Crippen molar-refractivity contribution in [3.8, 4) is 0 Å². The molecule has 0 saturated carbocycles. The lowest BCUT2D eigenvalue weighted by Crippen LogP contribution is -2.33. The third-order valence-electron chi connectivity index (χ3n) is 2.63. The molecule has 1 aromatic carbocycles. The van der Waals surface area contributed by atoms with Gasteiger partial charge in [-0.2, -0.15) is 12.6 Å². The Bertz CT molecular complexity index is 595. The highest BCUT2D eigenvalue weighted by atomic mass is 32.2. The first-order valence-corrected chi connectivity index (χ1v) is 7.13. The van der Waals surface area contributed by atoms with E-state index in [9.17, 15) is 14.4 Å². The first-order chi connectivity index (χ1) is 9.51. The number of carbonyl (C=O) groups is 3. The highest BCUT2D eigenvalue weighted by Gasteiger charge is 2.36. The molecule has 0 radical (unpaired) electrons. The third kappa shape index (κ3) is 3.23. The molecule has 104 valence electrons. The van der Waals surface area contributed by atoms with Crippen LogP contribution in [0, 0.1) is 0 Å². The molecule has 2 amide bonds. The summed E-state index contributed by atoms with van der Waals surface area (Å²) >= 11 is 4.90. The van der Waals surface area contributed by atoms with Crippen LogP contribution < -0.4 is 0 Å². The molecule has 0 atom stereocenters. The van der Waals surface area contributed by atoms with E-state index in [0.717, 1.165) is 27.8 Å². The van der Waals surface area contributed by atoms with Gasteiger partial charge in [0.2, 0.25) is 0 Å². The minimum atomic E-state index is -1.22. The van der Waals surface area contributed by atoms with E-state index in [-0.39, 0.29) is 4.91 Å². The van der Waals surface area contributed by atoms with E-state index < -0.39 is 23.7 Å². The molecule has 20 heavy (non-hydrogen) atoms. The van der Waals surface area contributed by atoms with Crippen LogP contribution in [0.5, 0.6) is 0 Å². The summed E-state index contributed by atoms with van der Waals surface area (Å²) in [6.45, 7) is -0.611. The number of carbonyl (C=O) groups excluding carboxylic acids is 2. The molecule has 0 spiro atoms. The number of thioether (sulfide) groups is 1. The number of amides is 2. The van der Waals surface area contributed by atoms with Crippen molar-refractivity contribution in [2.24, 2.45) is 0 Å². The van der Waals surface area contributed by atoms with E-state index in [2.05, 4.69) is 12.6 Å². The number of imide groups is 1. The number of thiol groups is 1. The molecule has 5 nitrogen and oxygen atoms in total. The Morgan fingerprint density at radius 1 is 1.30 bits per heavy atom. The number of hydrogen-bond acceptors (Lipinski definition) is 5. The van der Waals surface area contributed by atoms with Crippen molar-refractivity contribution in [1.29, 1.82) is 0 Å². The lowest BCUT2D eigenvalue weighted by atomic mass is 10.1. The molecule has 0 aliphatic carbocycles. The highest BCUT2D eigenvalue weighted by Crippen LogP contribution is 2.31. The van der Waals surface area contributed by atoms with Gasteiger partial charge in [0.15, 0.2) is 0 Å². The summed E-state index contributed by atoms with van der Waals surface area (Å²) in [6.07, 6.45) is 1.58. The Morgan fingerprint density at radius 2 is 1.95 bits per heavy atom. The van der Waals surface area contributed by atoms with Crippen LogP contribution in [0.3, 0.4) is 0 Å². The van der Waals surface area contributed by atoms with Crippen molar-refractivity contribution in [1.82, 2.24) is 4.90 Å². The predicted octanol–water partition coefficient (Wildman–Crippen LogP) is 2.24. The van der Waals surface area contributed by atoms with Gasteiger partial charge >= 0.3 is 5.97 Å². The van der Waals surface area contributed by atoms with Crippen LogP contribution in [-0.4, -0.2) is 33.7 Å². The van der Waals surface area contributed by atoms with Gasteiger partial charge in [-0.3, -0.25) is 19.3 Å². The Labute approximate surface area is 125 Å². The Morgan fingerprint density at radius 3 is 2.50 bits per heavy atom. The number of carboxylic acids is 1. The zero-order chi connectivity index (χ0) is 14.7. The number of rotatable bonds is 4. The zero-order valence-corrected chi connectivity index (χ0v) is 12.0. The Kier molecular flexibility index (Phi) is 4.51. The molecule has 1 saturated heterocycles. The Balaban J connectivity index is 2.20. The topological polar surface area (TPSA) is 74.7 Å². The molecule has 0 bridgehead atoms.